The molecule has 98 valence electrons. The molecule has 2 aliphatic heterocycles. The Labute approximate surface area is 116 Å². The van der Waals surface area contributed by atoms with Crippen LogP contribution in [0.4, 0.5) is 0 Å². The van der Waals surface area contributed by atoms with E-state index >= 15 is 0 Å². The molecule has 18 heavy (non-hydrogen) atoms. The molecule has 4 heteroatoms. The summed E-state index contributed by atoms with van der Waals surface area (Å²) in [7, 11) is 2.12. The summed E-state index contributed by atoms with van der Waals surface area (Å²) in [6, 6.07) is 6.38. The molecule has 3 rings (SSSR count). The molecule has 0 aliphatic carbocycles. The second-order valence-corrected chi connectivity index (χ2v) is 6.57. The van der Waals surface area contributed by atoms with Gasteiger partial charge in [0.1, 0.15) is 11.4 Å². The van der Waals surface area contributed by atoms with Crippen molar-refractivity contribution >= 4 is 15.9 Å². The summed E-state index contributed by atoms with van der Waals surface area (Å²) in [5.41, 5.74) is 0.686. The average molecular weight is 312 g/mol. The number of likely N-dealkylation sites (N-methyl/N-ethyl adjacent to an activating group) is 1. The van der Waals surface area contributed by atoms with E-state index in [0.29, 0.717) is 12.5 Å². The van der Waals surface area contributed by atoms with Gasteiger partial charge in [0, 0.05) is 35.5 Å². The third-order valence-corrected chi connectivity index (χ3v) is 4.67. The summed E-state index contributed by atoms with van der Waals surface area (Å²) in [6.07, 6.45) is 1.24. The lowest BCUT2D eigenvalue weighted by atomic mass is 9.87. The monoisotopic (exact) mass is 311 g/mol. The van der Waals surface area contributed by atoms with Crippen molar-refractivity contribution < 1.29 is 9.84 Å². The highest BCUT2D eigenvalue weighted by atomic mass is 79.9. The predicted molar refractivity (Wildman–Crippen MR) is 73.8 cm³/mol. The molecule has 1 aromatic carbocycles. The van der Waals surface area contributed by atoms with Gasteiger partial charge in [-0.1, -0.05) is 15.9 Å². The molecule has 1 saturated heterocycles. The average Bonchev–Trinajstić information content (AvgIpc) is 2.55. The van der Waals surface area contributed by atoms with Crippen LogP contribution >= 0.6 is 15.9 Å². The largest absolute Gasteiger partial charge is 0.485 e. The Hall–Kier alpha value is -0.580. The van der Waals surface area contributed by atoms with Crippen molar-refractivity contribution in [2.45, 2.75) is 37.5 Å². The van der Waals surface area contributed by atoms with Crippen LogP contribution in [-0.4, -0.2) is 35.2 Å². The Kier molecular flexibility index (Phi) is 2.92. The predicted octanol–water partition coefficient (Wildman–Crippen LogP) is 2.73. The second kappa shape index (κ2) is 4.22. The topological polar surface area (TPSA) is 32.7 Å². The highest BCUT2D eigenvalue weighted by Crippen LogP contribution is 2.45. The van der Waals surface area contributed by atoms with Crippen molar-refractivity contribution in [2.75, 3.05) is 13.6 Å². The number of aliphatic hydroxyl groups is 1. The third kappa shape index (κ3) is 1.96. The lowest BCUT2D eigenvalue weighted by Crippen LogP contribution is -2.43. The van der Waals surface area contributed by atoms with Crippen LogP contribution in [-0.2, 0) is 0 Å². The van der Waals surface area contributed by atoms with Crippen molar-refractivity contribution in [1.82, 2.24) is 4.90 Å². The minimum Gasteiger partial charge on any atom is -0.485 e. The third-order valence-electron chi connectivity index (χ3n) is 4.18. The first-order chi connectivity index (χ1) is 8.49. The smallest absolute Gasteiger partial charge is 0.126 e. The summed E-state index contributed by atoms with van der Waals surface area (Å²) in [4.78, 5) is 2.30. The fourth-order valence-corrected chi connectivity index (χ4v) is 3.58. The zero-order chi connectivity index (χ0) is 12.9. The Balaban J connectivity index is 1.95. The number of halogens is 1. The van der Waals surface area contributed by atoms with E-state index in [-0.39, 0.29) is 5.60 Å². The minimum absolute atomic E-state index is 0.214. The van der Waals surface area contributed by atoms with Gasteiger partial charge < -0.3 is 9.84 Å². The van der Waals surface area contributed by atoms with Gasteiger partial charge in [-0.25, -0.2) is 0 Å². The molecule has 2 heterocycles. The summed E-state index contributed by atoms with van der Waals surface area (Å²) in [5.74, 6) is 0.833. The van der Waals surface area contributed by atoms with E-state index in [2.05, 4.69) is 34.8 Å². The summed E-state index contributed by atoms with van der Waals surface area (Å²) >= 11 is 3.44. The Morgan fingerprint density at radius 3 is 2.89 bits per heavy atom. The van der Waals surface area contributed by atoms with Gasteiger partial charge in [-0.2, -0.15) is 0 Å². The lowest BCUT2D eigenvalue weighted by Gasteiger charge is -2.38. The van der Waals surface area contributed by atoms with Crippen molar-refractivity contribution in [3.05, 3.63) is 28.2 Å². The van der Waals surface area contributed by atoms with E-state index in [1.54, 1.807) is 0 Å². The molecule has 1 fully saturated rings. The molecular weight excluding hydrogens is 294 g/mol. The first kappa shape index (κ1) is 12.5. The van der Waals surface area contributed by atoms with Crippen LogP contribution in [0.15, 0.2) is 22.7 Å². The van der Waals surface area contributed by atoms with E-state index in [9.17, 15) is 5.11 Å². The van der Waals surface area contributed by atoms with Crippen LogP contribution in [0, 0.1) is 0 Å². The fraction of sp³-hybridized carbons (Fsp3) is 0.571. The van der Waals surface area contributed by atoms with E-state index < -0.39 is 6.10 Å². The molecular formula is C14H18BrNO2. The van der Waals surface area contributed by atoms with Crippen LogP contribution in [0.25, 0.3) is 0 Å². The van der Waals surface area contributed by atoms with E-state index in [4.69, 9.17) is 4.74 Å². The molecule has 3 atom stereocenters. The van der Waals surface area contributed by atoms with Gasteiger partial charge in [-0.15, -0.1) is 0 Å². The van der Waals surface area contributed by atoms with Gasteiger partial charge in [0.05, 0.1) is 6.10 Å². The first-order valence-corrected chi connectivity index (χ1v) is 7.15. The SMILES string of the molecule is CC1CC2(C[C@@H](O)c3cc(Br)ccc3O2)CN1C. The summed E-state index contributed by atoms with van der Waals surface area (Å²) in [5, 5.41) is 10.4. The maximum atomic E-state index is 10.4. The molecule has 0 amide bonds. The molecule has 1 spiro atoms. The summed E-state index contributed by atoms with van der Waals surface area (Å²) in [6.45, 7) is 3.10. The zero-order valence-corrected chi connectivity index (χ0v) is 12.3. The molecule has 0 aromatic heterocycles. The number of ether oxygens (including phenoxy) is 1. The molecule has 2 unspecified atom stereocenters. The quantitative estimate of drug-likeness (QED) is 0.799. The highest BCUT2D eigenvalue weighted by molar-refractivity contribution is 9.10. The van der Waals surface area contributed by atoms with Crippen LogP contribution in [0.5, 0.6) is 5.75 Å². The van der Waals surface area contributed by atoms with Crippen molar-refractivity contribution in [2.24, 2.45) is 0 Å². The zero-order valence-electron chi connectivity index (χ0n) is 10.7. The Morgan fingerprint density at radius 1 is 1.44 bits per heavy atom. The van der Waals surface area contributed by atoms with E-state index in [0.717, 1.165) is 28.8 Å². The number of benzene rings is 1. The lowest BCUT2D eigenvalue weighted by molar-refractivity contribution is -0.00612. The minimum atomic E-state index is -0.426. The molecule has 1 aromatic rings. The maximum absolute atomic E-state index is 10.4. The van der Waals surface area contributed by atoms with Crippen molar-refractivity contribution in [3.8, 4) is 5.75 Å². The number of hydrogen-bond acceptors (Lipinski definition) is 3. The van der Waals surface area contributed by atoms with Gasteiger partial charge in [-0.3, -0.25) is 4.90 Å². The van der Waals surface area contributed by atoms with Crippen LogP contribution in [0.3, 0.4) is 0 Å². The molecule has 0 saturated carbocycles. The van der Waals surface area contributed by atoms with Gasteiger partial charge in [0.2, 0.25) is 0 Å². The first-order valence-electron chi connectivity index (χ1n) is 6.36. The second-order valence-electron chi connectivity index (χ2n) is 5.66. The highest BCUT2D eigenvalue weighted by Gasteiger charge is 2.47. The number of fused-ring (bicyclic) bond motifs is 1. The number of hydrogen-bond donors (Lipinski definition) is 1. The Bertz CT molecular complexity index is 467. The van der Waals surface area contributed by atoms with Crippen molar-refractivity contribution in [3.63, 3.8) is 0 Å². The normalized spacial score (nSPS) is 35.6. The van der Waals surface area contributed by atoms with E-state index in [1.807, 2.05) is 18.2 Å². The van der Waals surface area contributed by atoms with Gasteiger partial charge in [-0.05, 0) is 32.2 Å². The summed E-state index contributed by atoms with van der Waals surface area (Å²) < 4.78 is 7.21. The van der Waals surface area contributed by atoms with Crippen LogP contribution in [0.1, 0.15) is 31.4 Å². The molecule has 3 nitrogen and oxygen atoms in total. The molecule has 1 N–H and O–H groups in total. The number of nitrogens with zero attached hydrogens (tertiary/aromatic N) is 1. The van der Waals surface area contributed by atoms with Crippen molar-refractivity contribution in [1.29, 1.82) is 0 Å². The van der Waals surface area contributed by atoms with Gasteiger partial charge in [0.25, 0.3) is 0 Å². The van der Waals surface area contributed by atoms with Gasteiger partial charge >= 0.3 is 0 Å². The Morgan fingerprint density at radius 2 is 2.22 bits per heavy atom. The molecule has 0 bridgehead atoms. The fourth-order valence-electron chi connectivity index (χ4n) is 3.20. The number of aliphatic hydroxyl groups excluding tert-OH is 1. The maximum Gasteiger partial charge on any atom is 0.126 e. The van der Waals surface area contributed by atoms with E-state index in [1.165, 1.54) is 0 Å². The number of likely N-dealkylation sites (tertiary alicyclic amines) is 1. The standard InChI is InChI=1S/C14H18BrNO2/c1-9-6-14(8-16(9)2)7-12(17)11-5-10(15)3-4-13(11)18-14/h3-5,9,12,17H,6-8H2,1-2H3/t9?,12-,14?/m1/s1. The van der Waals surface area contributed by atoms with Gasteiger partial charge in [0.15, 0.2) is 0 Å². The molecule has 0 radical (unpaired) electrons. The van der Waals surface area contributed by atoms with Crippen LogP contribution in [0.2, 0.25) is 0 Å². The molecule has 2 aliphatic rings. The number of rotatable bonds is 0. The van der Waals surface area contributed by atoms with Crippen LogP contribution < -0.4 is 4.74 Å².